The fourth-order valence-corrected chi connectivity index (χ4v) is 2.26. The van der Waals surface area contributed by atoms with Gasteiger partial charge in [-0.1, -0.05) is 0 Å². The summed E-state index contributed by atoms with van der Waals surface area (Å²) in [7, 11) is 1.58. The predicted octanol–water partition coefficient (Wildman–Crippen LogP) is 0.964. The summed E-state index contributed by atoms with van der Waals surface area (Å²) in [5.74, 6) is -1.11. The molecule has 1 rings (SSSR count). The maximum Gasteiger partial charge on any atom is 0.315 e. The van der Waals surface area contributed by atoms with Gasteiger partial charge in [-0.3, -0.25) is 4.79 Å². The van der Waals surface area contributed by atoms with Crippen molar-refractivity contribution < 1.29 is 19.4 Å². The van der Waals surface area contributed by atoms with Crippen LogP contribution in [0, 0.1) is 5.92 Å². The number of carboxylic acids is 1. The average Bonchev–Trinajstić information content (AvgIpc) is 2.64. The van der Waals surface area contributed by atoms with Crippen LogP contribution in [0.1, 0.15) is 33.1 Å². The van der Waals surface area contributed by atoms with Crippen molar-refractivity contribution in [2.75, 3.05) is 13.7 Å². The van der Waals surface area contributed by atoms with Gasteiger partial charge in [0.25, 0.3) is 0 Å². The molecule has 3 N–H and O–H groups in total. The van der Waals surface area contributed by atoms with Crippen LogP contribution in [0.25, 0.3) is 0 Å². The van der Waals surface area contributed by atoms with Crippen LogP contribution < -0.4 is 10.6 Å². The van der Waals surface area contributed by atoms with Gasteiger partial charge in [-0.25, -0.2) is 4.79 Å². The number of methoxy groups -OCH3 is 1. The zero-order chi connectivity index (χ0) is 13.8. The molecule has 0 aromatic carbocycles. The summed E-state index contributed by atoms with van der Waals surface area (Å²) >= 11 is 0. The molecule has 0 heterocycles. The van der Waals surface area contributed by atoms with E-state index in [0.29, 0.717) is 19.4 Å². The number of carbonyl (C=O) groups is 2. The van der Waals surface area contributed by atoms with Crippen LogP contribution in [-0.4, -0.2) is 42.4 Å². The third-order valence-corrected chi connectivity index (χ3v) is 3.07. The van der Waals surface area contributed by atoms with Crippen molar-refractivity contribution in [2.45, 2.75) is 44.7 Å². The number of aliphatic carboxylic acids is 1. The highest BCUT2D eigenvalue weighted by Crippen LogP contribution is 2.25. The van der Waals surface area contributed by atoms with E-state index in [1.54, 1.807) is 7.11 Å². The number of hydrogen-bond donors (Lipinski definition) is 3. The van der Waals surface area contributed by atoms with Gasteiger partial charge >= 0.3 is 12.0 Å². The third-order valence-electron chi connectivity index (χ3n) is 3.07. The Hall–Kier alpha value is -1.30. The lowest BCUT2D eigenvalue weighted by atomic mass is 10.1. The van der Waals surface area contributed by atoms with Gasteiger partial charge in [-0.05, 0) is 33.1 Å². The Bertz CT molecular complexity index is 317. The van der Waals surface area contributed by atoms with Crippen LogP contribution in [0.15, 0.2) is 0 Å². The molecule has 2 atom stereocenters. The number of ether oxygens (including phenoxy) is 1. The van der Waals surface area contributed by atoms with Crippen molar-refractivity contribution in [3.8, 4) is 0 Å². The van der Waals surface area contributed by atoms with E-state index < -0.39 is 11.5 Å². The fourth-order valence-electron chi connectivity index (χ4n) is 2.26. The highest BCUT2D eigenvalue weighted by atomic mass is 16.5. The molecular weight excluding hydrogens is 236 g/mol. The number of hydrogen-bond acceptors (Lipinski definition) is 3. The molecule has 1 aliphatic carbocycles. The summed E-state index contributed by atoms with van der Waals surface area (Å²) in [4.78, 5) is 22.5. The molecular formula is C12H22N2O4. The molecule has 0 aromatic heterocycles. The number of rotatable bonds is 5. The normalized spacial score (nSPS) is 23.7. The van der Waals surface area contributed by atoms with Crippen LogP contribution in [0.5, 0.6) is 0 Å². The molecule has 2 amide bonds. The van der Waals surface area contributed by atoms with E-state index in [1.807, 2.05) is 13.8 Å². The summed E-state index contributed by atoms with van der Waals surface area (Å²) in [5, 5.41) is 14.5. The Morgan fingerprint density at radius 2 is 2.06 bits per heavy atom. The number of nitrogens with one attached hydrogen (secondary N) is 2. The second-order valence-corrected chi connectivity index (χ2v) is 5.46. The van der Waals surface area contributed by atoms with E-state index in [0.717, 1.165) is 6.42 Å². The van der Waals surface area contributed by atoms with Crippen LogP contribution in [-0.2, 0) is 9.53 Å². The molecule has 0 bridgehead atoms. The van der Waals surface area contributed by atoms with E-state index in [-0.39, 0.29) is 18.0 Å². The second-order valence-electron chi connectivity index (χ2n) is 5.46. The van der Waals surface area contributed by atoms with Gasteiger partial charge in [0.2, 0.25) is 0 Å². The molecule has 104 valence electrons. The number of urea groups is 1. The standard InChI is InChI=1S/C12H22N2O4/c1-12(2,7-18-3)14-11(17)13-9-5-4-8(6-9)10(15)16/h8-9H,4-7H2,1-3H3,(H,15,16)(H2,13,14,17). The van der Waals surface area contributed by atoms with Crippen LogP contribution in [0.2, 0.25) is 0 Å². The largest absolute Gasteiger partial charge is 0.481 e. The predicted molar refractivity (Wildman–Crippen MR) is 66.4 cm³/mol. The van der Waals surface area contributed by atoms with Gasteiger partial charge < -0.3 is 20.5 Å². The SMILES string of the molecule is COCC(C)(C)NC(=O)NC1CCC(C(=O)O)C1. The lowest BCUT2D eigenvalue weighted by molar-refractivity contribution is -0.141. The van der Waals surface area contributed by atoms with E-state index in [9.17, 15) is 9.59 Å². The fraction of sp³-hybridized carbons (Fsp3) is 0.833. The molecule has 0 aliphatic heterocycles. The molecule has 1 fully saturated rings. The van der Waals surface area contributed by atoms with Gasteiger partial charge in [0.15, 0.2) is 0 Å². The molecule has 6 heteroatoms. The zero-order valence-corrected chi connectivity index (χ0v) is 11.2. The Kier molecular flexibility index (Phi) is 4.95. The lowest BCUT2D eigenvalue weighted by Gasteiger charge is -2.26. The summed E-state index contributed by atoms with van der Waals surface area (Å²) < 4.78 is 5.01. The van der Waals surface area contributed by atoms with E-state index in [1.165, 1.54) is 0 Å². The second kappa shape index (κ2) is 6.04. The first-order valence-electron chi connectivity index (χ1n) is 6.14. The van der Waals surface area contributed by atoms with Crippen molar-refractivity contribution in [3.63, 3.8) is 0 Å². The molecule has 0 radical (unpaired) electrons. The first-order chi connectivity index (χ1) is 8.34. The summed E-state index contributed by atoms with van der Waals surface area (Å²) in [6, 6.07) is -0.322. The average molecular weight is 258 g/mol. The van der Waals surface area contributed by atoms with E-state index in [4.69, 9.17) is 9.84 Å². The minimum absolute atomic E-state index is 0.0514. The summed E-state index contributed by atoms with van der Waals surface area (Å²) in [6.45, 7) is 4.15. The monoisotopic (exact) mass is 258 g/mol. The zero-order valence-electron chi connectivity index (χ0n) is 11.2. The molecule has 18 heavy (non-hydrogen) atoms. The number of carbonyl (C=O) groups excluding carboxylic acids is 1. The quantitative estimate of drug-likeness (QED) is 0.685. The molecule has 0 saturated heterocycles. The molecule has 0 spiro atoms. The lowest BCUT2D eigenvalue weighted by Crippen LogP contribution is -2.52. The molecule has 1 saturated carbocycles. The molecule has 6 nitrogen and oxygen atoms in total. The highest BCUT2D eigenvalue weighted by molar-refractivity contribution is 5.75. The Morgan fingerprint density at radius 3 is 2.56 bits per heavy atom. The van der Waals surface area contributed by atoms with Crippen LogP contribution in [0.4, 0.5) is 4.79 Å². The van der Waals surface area contributed by atoms with Gasteiger partial charge in [-0.2, -0.15) is 0 Å². The van der Waals surface area contributed by atoms with Crippen molar-refractivity contribution in [2.24, 2.45) is 5.92 Å². The Labute approximate surface area is 107 Å². The highest BCUT2D eigenvalue weighted by Gasteiger charge is 2.31. The minimum Gasteiger partial charge on any atom is -0.481 e. The number of carboxylic acid groups (broad SMARTS) is 1. The first-order valence-corrected chi connectivity index (χ1v) is 6.14. The molecule has 1 aliphatic rings. The maximum absolute atomic E-state index is 11.7. The van der Waals surface area contributed by atoms with Crippen molar-refractivity contribution >= 4 is 12.0 Å². The van der Waals surface area contributed by atoms with Crippen LogP contribution in [0.3, 0.4) is 0 Å². The third kappa shape index (κ3) is 4.52. The smallest absolute Gasteiger partial charge is 0.315 e. The Balaban J connectivity index is 2.35. The van der Waals surface area contributed by atoms with E-state index in [2.05, 4.69) is 10.6 Å². The van der Waals surface area contributed by atoms with Crippen molar-refractivity contribution in [1.82, 2.24) is 10.6 Å². The van der Waals surface area contributed by atoms with Crippen molar-refractivity contribution in [1.29, 1.82) is 0 Å². The van der Waals surface area contributed by atoms with Gasteiger partial charge in [0.1, 0.15) is 0 Å². The molecule has 2 unspecified atom stereocenters. The summed E-state index contributed by atoms with van der Waals surface area (Å²) in [6.07, 6.45) is 1.85. The summed E-state index contributed by atoms with van der Waals surface area (Å²) in [5.41, 5.74) is -0.441. The first kappa shape index (κ1) is 14.8. The van der Waals surface area contributed by atoms with Crippen molar-refractivity contribution in [3.05, 3.63) is 0 Å². The van der Waals surface area contributed by atoms with E-state index >= 15 is 0 Å². The van der Waals surface area contributed by atoms with Crippen LogP contribution >= 0.6 is 0 Å². The number of amides is 2. The minimum atomic E-state index is -0.778. The van der Waals surface area contributed by atoms with Gasteiger partial charge in [0.05, 0.1) is 18.1 Å². The Morgan fingerprint density at radius 1 is 1.39 bits per heavy atom. The maximum atomic E-state index is 11.7. The molecule has 0 aromatic rings. The van der Waals surface area contributed by atoms with Gasteiger partial charge in [-0.15, -0.1) is 0 Å². The topological polar surface area (TPSA) is 87.7 Å². The van der Waals surface area contributed by atoms with Gasteiger partial charge in [0, 0.05) is 13.2 Å².